The number of thioether (sulfide) groups is 1. The molecule has 1 amide bonds. The summed E-state index contributed by atoms with van der Waals surface area (Å²) in [5.41, 5.74) is 3.74. The maximum absolute atomic E-state index is 12.7. The molecule has 4 rings (SSSR count). The van der Waals surface area contributed by atoms with Gasteiger partial charge in [-0.1, -0.05) is 11.8 Å². The average Bonchev–Trinajstić information content (AvgIpc) is 3.27. The molecule has 29 heavy (non-hydrogen) atoms. The van der Waals surface area contributed by atoms with E-state index in [-0.39, 0.29) is 11.9 Å². The van der Waals surface area contributed by atoms with Gasteiger partial charge in [0.15, 0.2) is 5.16 Å². The van der Waals surface area contributed by atoms with Gasteiger partial charge in [-0.2, -0.15) is 5.10 Å². The van der Waals surface area contributed by atoms with Crippen molar-refractivity contribution in [3.8, 4) is 5.69 Å². The molecule has 0 bridgehead atoms. The van der Waals surface area contributed by atoms with Crippen LogP contribution in [0.3, 0.4) is 0 Å². The fraction of sp³-hybridized carbons (Fsp3) is 0.409. The minimum Gasteiger partial charge on any atom is -0.349 e. The number of imidazole rings is 1. The number of nitrogens with zero attached hydrogens (tertiary/aromatic N) is 4. The Balaban J connectivity index is 1.31. The summed E-state index contributed by atoms with van der Waals surface area (Å²) in [6.45, 7) is 4.01. The van der Waals surface area contributed by atoms with E-state index in [2.05, 4.69) is 20.0 Å². The van der Waals surface area contributed by atoms with E-state index >= 15 is 0 Å². The third kappa shape index (κ3) is 4.56. The van der Waals surface area contributed by atoms with Crippen molar-refractivity contribution < 1.29 is 4.79 Å². The van der Waals surface area contributed by atoms with Crippen molar-refractivity contribution in [1.82, 2.24) is 24.6 Å². The molecule has 0 saturated heterocycles. The lowest BCUT2D eigenvalue weighted by Crippen LogP contribution is -2.38. The first kappa shape index (κ1) is 19.8. The Morgan fingerprint density at radius 2 is 1.86 bits per heavy atom. The summed E-state index contributed by atoms with van der Waals surface area (Å²) in [6.07, 6.45) is 8.04. The summed E-state index contributed by atoms with van der Waals surface area (Å²) in [7, 11) is 2.03. The van der Waals surface area contributed by atoms with E-state index in [9.17, 15) is 4.79 Å². The number of hydrogen-bond acceptors (Lipinski definition) is 4. The van der Waals surface area contributed by atoms with Gasteiger partial charge >= 0.3 is 0 Å². The highest BCUT2D eigenvalue weighted by atomic mass is 32.2. The van der Waals surface area contributed by atoms with Crippen molar-refractivity contribution in [2.45, 2.75) is 56.0 Å². The lowest BCUT2D eigenvalue weighted by molar-refractivity contribution is 0.0928. The number of carbonyl (C=O) groups is 1. The second kappa shape index (κ2) is 8.45. The first-order chi connectivity index (χ1) is 14.0. The number of benzene rings is 1. The Hall–Kier alpha value is -2.54. The molecule has 2 aromatic heterocycles. The molecule has 0 unspecified atom stereocenters. The van der Waals surface area contributed by atoms with E-state index < -0.39 is 0 Å². The predicted octanol–water partition coefficient (Wildman–Crippen LogP) is 4.06. The molecule has 3 aromatic rings. The highest BCUT2D eigenvalue weighted by molar-refractivity contribution is 7.99. The zero-order valence-corrected chi connectivity index (χ0v) is 17.9. The normalized spacial score (nSPS) is 19.3. The number of carbonyl (C=O) groups excluding carboxylic acids is 1. The van der Waals surface area contributed by atoms with Gasteiger partial charge in [0, 0.05) is 42.0 Å². The van der Waals surface area contributed by atoms with E-state index in [1.807, 2.05) is 80.1 Å². The third-order valence-electron chi connectivity index (χ3n) is 5.44. The van der Waals surface area contributed by atoms with Gasteiger partial charge < -0.3 is 9.88 Å². The van der Waals surface area contributed by atoms with Gasteiger partial charge in [-0.05, 0) is 69.9 Å². The zero-order valence-electron chi connectivity index (χ0n) is 17.1. The Bertz CT molecular complexity index is 983. The molecule has 0 radical (unpaired) electrons. The van der Waals surface area contributed by atoms with Crippen molar-refractivity contribution in [3.05, 3.63) is 59.7 Å². The molecular weight excluding hydrogens is 382 g/mol. The van der Waals surface area contributed by atoms with Crippen LogP contribution in [0, 0.1) is 13.8 Å². The number of rotatable bonds is 5. The van der Waals surface area contributed by atoms with Crippen molar-refractivity contribution in [2.75, 3.05) is 0 Å². The lowest BCUT2D eigenvalue weighted by atomic mass is 9.94. The van der Waals surface area contributed by atoms with Gasteiger partial charge in [0.25, 0.3) is 5.91 Å². The summed E-state index contributed by atoms with van der Waals surface area (Å²) in [5.74, 6) is 0.00474. The number of hydrogen-bond donors (Lipinski definition) is 1. The van der Waals surface area contributed by atoms with Crippen molar-refractivity contribution >= 4 is 17.7 Å². The molecule has 1 fully saturated rings. The zero-order chi connectivity index (χ0) is 20.4. The number of amides is 1. The van der Waals surface area contributed by atoms with Crippen LogP contribution in [0.25, 0.3) is 5.69 Å². The van der Waals surface area contributed by atoms with Crippen LogP contribution in [0.1, 0.15) is 47.4 Å². The summed E-state index contributed by atoms with van der Waals surface area (Å²) >= 11 is 1.85. The Kier molecular flexibility index (Phi) is 5.76. The molecule has 7 heteroatoms. The molecule has 6 nitrogen and oxygen atoms in total. The van der Waals surface area contributed by atoms with Crippen LogP contribution in [0.4, 0.5) is 0 Å². The SMILES string of the molecule is Cc1cc(C)n(-c2ccc(C(=O)NC3CCC(Sc4nccn4C)CC3)cc2)n1. The van der Waals surface area contributed by atoms with Gasteiger partial charge in [-0.3, -0.25) is 4.79 Å². The minimum atomic E-state index is 0.00474. The van der Waals surface area contributed by atoms with Gasteiger partial charge in [-0.15, -0.1) is 0 Å². The van der Waals surface area contributed by atoms with Crippen molar-refractivity contribution in [2.24, 2.45) is 7.05 Å². The van der Waals surface area contributed by atoms with Crippen LogP contribution in [-0.4, -0.2) is 36.5 Å². The summed E-state index contributed by atoms with van der Waals surface area (Å²) in [6, 6.07) is 9.95. The number of aromatic nitrogens is 4. The first-order valence-corrected chi connectivity index (χ1v) is 11.0. The fourth-order valence-corrected chi connectivity index (χ4v) is 5.01. The number of aryl methyl sites for hydroxylation is 3. The summed E-state index contributed by atoms with van der Waals surface area (Å²) in [5, 5.41) is 9.35. The molecule has 0 atom stereocenters. The number of nitrogens with one attached hydrogen (secondary N) is 1. The van der Waals surface area contributed by atoms with E-state index in [0.29, 0.717) is 10.8 Å². The van der Waals surface area contributed by atoms with Gasteiger partial charge in [0.05, 0.1) is 11.4 Å². The van der Waals surface area contributed by atoms with Crippen LogP contribution in [0.2, 0.25) is 0 Å². The van der Waals surface area contributed by atoms with Crippen molar-refractivity contribution in [3.63, 3.8) is 0 Å². The van der Waals surface area contributed by atoms with E-state index in [1.54, 1.807) is 0 Å². The van der Waals surface area contributed by atoms with E-state index in [0.717, 1.165) is 47.9 Å². The van der Waals surface area contributed by atoms with Crippen LogP contribution >= 0.6 is 11.8 Å². The van der Waals surface area contributed by atoms with Gasteiger partial charge in [0.1, 0.15) is 0 Å². The van der Waals surface area contributed by atoms with Crippen LogP contribution < -0.4 is 5.32 Å². The van der Waals surface area contributed by atoms with Crippen LogP contribution in [-0.2, 0) is 7.05 Å². The van der Waals surface area contributed by atoms with E-state index in [1.165, 1.54) is 0 Å². The highest BCUT2D eigenvalue weighted by Gasteiger charge is 2.24. The first-order valence-electron chi connectivity index (χ1n) is 10.1. The molecule has 1 aliphatic rings. The monoisotopic (exact) mass is 409 g/mol. The maximum atomic E-state index is 12.7. The molecular formula is C22H27N5OS. The molecule has 1 N–H and O–H groups in total. The molecule has 1 aliphatic carbocycles. The minimum absolute atomic E-state index is 0.00474. The van der Waals surface area contributed by atoms with Gasteiger partial charge in [-0.25, -0.2) is 9.67 Å². The largest absolute Gasteiger partial charge is 0.349 e. The highest BCUT2D eigenvalue weighted by Crippen LogP contribution is 2.32. The third-order valence-corrected chi connectivity index (χ3v) is 6.85. The van der Waals surface area contributed by atoms with Crippen LogP contribution in [0.15, 0.2) is 47.9 Å². The average molecular weight is 410 g/mol. The van der Waals surface area contributed by atoms with Crippen LogP contribution in [0.5, 0.6) is 0 Å². The molecule has 1 aromatic carbocycles. The molecule has 0 aliphatic heterocycles. The Morgan fingerprint density at radius 1 is 1.14 bits per heavy atom. The second-order valence-corrected chi connectivity index (χ2v) is 9.04. The Labute approximate surface area is 175 Å². The fourth-order valence-electron chi connectivity index (χ4n) is 3.85. The molecule has 0 spiro atoms. The molecule has 2 heterocycles. The second-order valence-electron chi connectivity index (χ2n) is 7.77. The summed E-state index contributed by atoms with van der Waals surface area (Å²) < 4.78 is 3.96. The molecule has 152 valence electrons. The predicted molar refractivity (Wildman–Crippen MR) is 116 cm³/mol. The van der Waals surface area contributed by atoms with Crippen molar-refractivity contribution in [1.29, 1.82) is 0 Å². The summed E-state index contributed by atoms with van der Waals surface area (Å²) in [4.78, 5) is 17.1. The van der Waals surface area contributed by atoms with E-state index in [4.69, 9.17) is 0 Å². The van der Waals surface area contributed by atoms with Gasteiger partial charge in [0.2, 0.25) is 0 Å². The standard InChI is InChI=1S/C22H27N5OS/c1-15-14-16(2)27(25-15)19-8-4-17(5-9-19)21(28)24-18-6-10-20(11-7-18)29-22-23-12-13-26(22)3/h4-5,8-9,12-14,18,20H,6-7,10-11H2,1-3H3,(H,24,28). The Morgan fingerprint density at radius 3 is 2.45 bits per heavy atom. The topological polar surface area (TPSA) is 64.7 Å². The lowest BCUT2D eigenvalue weighted by Gasteiger charge is -2.28. The maximum Gasteiger partial charge on any atom is 0.251 e. The molecule has 1 saturated carbocycles. The smallest absolute Gasteiger partial charge is 0.251 e. The quantitative estimate of drug-likeness (QED) is 0.690.